The molecule has 172 valence electrons. The number of likely N-dealkylation sites (tertiary alicyclic amines) is 1. The topological polar surface area (TPSA) is 66.8 Å². The van der Waals surface area contributed by atoms with E-state index in [4.69, 9.17) is 4.74 Å². The summed E-state index contributed by atoms with van der Waals surface area (Å²) in [6.45, 7) is 3.49. The first-order chi connectivity index (χ1) is 15.4. The van der Waals surface area contributed by atoms with Gasteiger partial charge in [-0.15, -0.1) is 0 Å². The molecule has 1 aromatic carbocycles. The molecule has 1 amide bonds. The molecule has 4 saturated carbocycles. The Balaban J connectivity index is 1.13. The van der Waals surface area contributed by atoms with Crippen molar-refractivity contribution in [3.8, 4) is 0 Å². The largest absolute Gasteiger partial charge is 0.481 e. The normalized spacial score (nSPS) is 36.3. The van der Waals surface area contributed by atoms with E-state index < -0.39 is 5.97 Å². The molecule has 0 aromatic heterocycles. The second kappa shape index (κ2) is 7.50. The van der Waals surface area contributed by atoms with Crippen molar-refractivity contribution in [2.75, 3.05) is 13.1 Å². The molecule has 5 heteroatoms. The summed E-state index contributed by atoms with van der Waals surface area (Å²) in [4.78, 5) is 26.5. The molecule has 1 atom stereocenters. The van der Waals surface area contributed by atoms with Crippen LogP contribution in [0.1, 0.15) is 80.4 Å². The van der Waals surface area contributed by atoms with Crippen molar-refractivity contribution in [3.63, 3.8) is 0 Å². The summed E-state index contributed by atoms with van der Waals surface area (Å²) < 4.78 is 6.19. The van der Waals surface area contributed by atoms with E-state index in [0.717, 1.165) is 31.1 Å². The van der Waals surface area contributed by atoms with E-state index in [1.54, 1.807) is 0 Å². The fourth-order valence-electron chi connectivity index (χ4n) is 8.44. The van der Waals surface area contributed by atoms with Crippen molar-refractivity contribution in [1.29, 1.82) is 0 Å². The zero-order chi connectivity index (χ0) is 22.0. The van der Waals surface area contributed by atoms with Crippen LogP contribution in [0.4, 0.5) is 4.79 Å². The second-order valence-electron chi connectivity index (χ2n) is 11.6. The summed E-state index contributed by atoms with van der Waals surface area (Å²) in [6, 6.07) is 6.55. The lowest BCUT2D eigenvalue weighted by Gasteiger charge is -2.53. The van der Waals surface area contributed by atoms with Crippen LogP contribution in [0.25, 0.3) is 0 Å². The number of piperidine rings is 1. The van der Waals surface area contributed by atoms with E-state index in [0.29, 0.717) is 24.9 Å². The molecular weight excluding hydrogens is 402 g/mol. The Kier molecular flexibility index (Phi) is 4.82. The summed E-state index contributed by atoms with van der Waals surface area (Å²) in [7, 11) is 0. The van der Waals surface area contributed by atoms with Crippen molar-refractivity contribution in [2.45, 2.75) is 82.1 Å². The highest BCUT2D eigenvalue weighted by molar-refractivity contribution is 5.69. The molecule has 1 unspecified atom stereocenters. The number of benzene rings is 1. The lowest BCUT2D eigenvalue weighted by atomic mass is 9.55. The van der Waals surface area contributed by atoms with Gasteiger partial charge < -0.3 is 14.7 Å². The third-order valence-electron chi connectivity index (χ3n) is 9.63. The number of amides is 1. The van der Waals surface area contributed by atoms with Crippen LogP contribution >= 0.6 is 0 Å². The number of fused-ring (bicyclic) bond motifs is 2. The minimum Gasteiger partial charge on any atom is -0.481 e. The Hall–Kier alpha value is -2.04. The average Bonchev–Trinajstić information content (AvgIpc) is 3.02. The van der Waals surface area contributed by atoms with Gasteiger partial charge >= 0.3 is 12.1 Å². The number of aliphatic carboxylic acids is 1. The first-order valence-corrected chi connectivity index (χ1v) is 12.7. The Morgan fingerprint density at radius 2 is 1.72 bits per heavy atom. The number of ether oxygens (including phenoxy) is 1. The Morgan fingerprint density at radius 1 is 1.06 bits per heavy atom. The molecule has 0 radical (unpaired) electrons. The van der Waals surface area contributed by atoms with Gasteiger partial charge in [-0.2, -0.15) is 0 Å². The van der Waals surface area contributed by atoms with Crippen LogP contribution in [0.15, 0.2) is 18.2 Å². The lowest BCUT2D eigenvalue weighted by Crippen LogP contribution is -2.52. The summed E-state index contributed by atoms with van der Waals surface area (Å²) in [6.07, 6.45) is 9.35. The van der Waals surface area contributed by atoms with Crippen LogP contribution in [-0.2, 0) is 14.9 Å². The molecule has 4 bridgehead atoms. The Labute approximate surface area is 190 Å². The van der Waals surface area contributed by atoms with Gasteiger partial charge in [0, 0.05) is 13.1 Å². The van der Waals surface area contributed by atoms with Crippen molar-refractivity contribution >= 4 is 12.1 Å². The highest BCUT2D eigenvalue weighted by atomic mass is 16.6. The first kappa shape index (κ1) is 20.6. The predicted molar refractivity (Wildman–Crippen MR) is 121 cm³/mol. The molecule has 1 aliphatic heterocycles. The monoisotopic (exact) mass is 437 g/mol. The second-order valence-corrected chi connectivity index (χ2v) is 11.6. The highest BCUT2D eigenvalue weighted by Gasteiger charge is 2.51. The number of carbonyl (C=O) groups excluding carboxylic acids is 1. The summed E-state index contributed by atoms with van der Waals surface area (Å²) in [5.74, 6) is 2.30. The standard InChI is InChI=1S/C27H35NO4/c1-16-2-3-23-22(8-16)21(14-24(29)30)15-27(23)4-6-28(7-5-27)26(31)32-25-19-10-17-9-18(12-19)13-20(25)11-17/h2-3,8,17-21,25H,4-7,9-15H2,1H3,(H,29,30). The van der Waals surface area contributed by atoms with Crippen LogP contribution in [0.2, 0.25) is 0 Å². The highest BCUT2D eigenvalue weighted by Crippen LogP contribution is 2.55. The lowest BCUT2D eigenvalue weighted by molar-refractivity contribution is -0.137. The Morgan fingerprint density at radius 3 is 2.34 bits per heavy atom. The van der Waals surface area contributed by atoms with Gasteiger partial charge in [-0.05, 0) is 104 Å². The predicted octanol–water partition coefficient (Wildman–Crippen LogP) is 5.25. The fourth-order valence-corrected chi connectivity index (χ4v) is 8.44. The number of carboxylic acids is 1. The van der Waals surface area contributed by atoms with E-state index in [1.807, 2.05) is 4.90 Å². The molecule has 6 aliphatic rings. The molecule has 32 heavy (non-hydrogen) atoms. The number of rotatable bonds is 3. The Bertz CT molecular complexity index is 904. The number of aryl methyl sites for hydroxylation is 1. The third-order valence-corrected chi connectivity index (χ3v) is 9.63. The minimum atomic E-state index is -0.726. The molecular formula is C27H35NO4. The van der Waals surface area contributed by atoms with Crippen LogP contribution in [0.5, 0.6) is 0 Å². The van der Waals surface area contributed by atoms with Gasteiger partial charge in [0.05, 0.1) is 6.42 Å². The van der Waals surface area contributed by atoms with Crippen molar-refractivity contribution < 1.29 is 19.4 Å². The molecule has 7 rings (SSSR count). The van der Waals surface area contributed by atoms with E-state index in [2.05, 4.69) is 25.1 Å². The zero-order valence-electron chi connectivity index (χ0n) is 19.1. The maximum Gasteiger partial charge on any atom is 0.410 e. The molecule has 1 N–H and O–H groups in total. The van der Waals surface area contributed by atoms with Crippen LogP contribution in [0.3, 0.4) is 0 Å². The van der Waals surface area contributed by atoms with Gasteiger partial charge in [0.15, 0.2) is 0 Å². The van der Waals surface area contributed by atoms with Gasteiger partial charge in [0.2, 0.25) is 0 Å². The van der Waals surface area contributed by atoms with Crippen molar-refractivity contribution in [3.05, 3.63) is 34.9 Å². The van der Waals surface area contributed by atoms with Crippen LogP contribution < -0.4 is 0 Å². The molecule has 5 fully saturated rings. The van der Waals surface area contributed by atoms with Gasteiger partial charge in [-0.3, -0.25) is 4.79 Å². The van der Waals surface area contributed by atoms with Crippen LogP contribution in [0, 0.1) is 30.6 Å². The molecule has 1 saturated heterocycles. The van der Waals surface area contributed by atoms with Gasteiger partial charge in [0.1, 0.15) is 6.10 Å². The van der Waals surface area contributed by atoms with E-state index in [1.165, 1.54) is 48.8 Å². The first-order valence-electron chi connectivity index (χ1n) is 12.7. The third kappa shape index (κ3) is 3.34. The number of nitrogens with zero attached hydrogens (tertiary/aromatic N) is 1. The SMILES string of the molecule is Cc1ccc2c(c1)C(CC(=O)O)CC21CCN(C(=O)OC2C3CC4CC(C3)CC2C4)CC1. The number of hydrogen-bond donors (Lipinski definition) is 1. The number of carboxylic acid groups (broad SMARTS) is 1. The van der Waals surface area contributed by atoms with Gasteiger partial charge in [-0.25, -0.2) is 4.79 Å². The van der Waals surface area contributed by atoms with E-state index in [-0.39, 0.29) is 30.0 Å². The molecule has 5 aliphatic carbocycles. The van der Waals surface area contributed by atoms with E-state index in [9.17, 15) is 14.7 Å². The van der Waals surface area contributed by atoms with Gasteiger partial charge in [-0.1, -0.05) is 23.8 Å². The molecule has 1 aromatic rings. The molecule has 1 spiro atoms. The zero-order valence-corrected chi connectivity index (χ0v) is 19.1. The van der Waals surface area contributed by atoms with E-state index >= 15 is 0 Å². The molecule has 5 nitrogen and oxygen atoms in total. The summed E-state index contributed by atoms with van der Waals surface area (Å²) in [5, 5.41) is 9.44. The van der Waals surface area contributed by atoms with Crippen LogP contribution in [-0.4, -0.2) is 41.3 Å². The van der Waals surface area contributed by atoms with Gasteiger partial charge in [0.25, 0.3) is 0 Å². The van der Waals surface area contributed by atoms with Crippen molar-refractivity contribution in [2.24, 2.45) is 23.7 Å². The fraction of sp³-hybridized carbons (Fsp3) is 0.704. The molecule has 1 heterocycles. The minimum absolute atomic E-state index is 0.00253. The summed E-state index contributed by atoms with van der Waals surface area (Å²) in [5.41, 5.74) is 3.73. The maximum absolute atomic E-state index is 13.1. The summed E-state index contributed by atoms with van der Waals surface area (Å²) >= 11 is 0. The maximum atomic E-state index is 13.1. The number of carbonyl (C=O) groups is 2. The average molecular weight is 438 g/mol. The quantitative estimate of drug-likeness (QED) is 0.701. The smallest absolute Gasteiger partial charge is 0.410 e. The van der Waals surface area contributed by atoms with Crippen molar-refractivity contribution in [1.82, 2.24) is 4.90 Å². The number of hydrogen-bond acceptors (Lipinski definition) is 3.